The first-order valence-corrected chi connectivity index (χ1v) is 28.8. The standard InChI is InChI=1S/C86H52N2/c1-7-59-41-44-66(51-62(59)10-4)78-39-28-40-79(67-45-42-60(8-2)63(11-5)52-67)85(78)70-54-69(65-29-18-13-19-30-65)55-71(56-70)86-81-50-48-76(87(72-31-20-14-21-32-72)73-33-22-15-23-34-73)57-82(81)84(68-46-43-61(9-3)64(12-6)53-68)80-49-47-77(58-83(80)86)88(74-35-24-16-25-36-74)75-37-26-17-27-38-75/h1-6,13-58H. The van der Waals surface area contributed by atoms with Gasteiger partial charge in [0.25, 0.3) is 0 Å². The van der Waals surface area contributed by atoms with E-state index in [0.717, 1.165) is 122 Å². The van der Waals surface area contributed by atoms with Crippen LogP contribution in [0.2, 0.25) is 0 Å². The van der Waals surface area contributed by atoms with Crippen LogP contribution in [-0.4, -0.2) is 0 Å². The highest BCUT2D eigenvalue weighted by Gasteiger charge is 2.25. The topological polar surface area (TPSA) is 6.48 Å². The largest absolute Gasteiger partial charge is 0.310 e. The Kier molecular flexibility index (Phi) is 14.8. The zero-order valence-electron chi connectivity index (χ0n) is 47.9. The second-order valence-corrected chi connectivity index (χ2v) is 21.3. The van der Waals surface area contributed by atoms with E-state index < -0.39 is 0 Å². The molecule has 88 heavy (non-hydrogen) atoms. The Labute approximate surface area is 515 Å². The molecule has 0 radical (unpaired) electrons. The van der Waals surface area contributed by atoms with E-state index in [2.05, 4.69) is 264 Å². The van der Waals surface area contributed by atoms with Gasteiger partial charge < -0.3 is 9.80 Å². The summed E-state index contributed by atoms with van der Waals surface area (Å²) in [6.45, 7) is 0. The molecule has 0 aliphatic heterocycles. The zero-order chi connectivity index (χ0) is 60.1. The Hall–Kier alpha value is -12.7. The molecule has 0 spiro atoms. The van der Waals surface area contributed by atoms with Crippen molar-refractivity contribution in [3.05, 3.63) is 312 Å². The van der Waals surface area contributed by atoms with Gasteiger partial charge in [-0.15, -0.1) is 38.5 Å². The van der Waals surface area contributed by atoms with Gasteiger partial charge in [0.15, 0.2) is 0 Å². The third kappa shape index (κ3) is 10.2. The number of nitrogens with zero attached hydrogens (tertiary/aromatic N) is 2. The molecule has 0 N–H and O–H groups in total. The predicted molar refractivity (Wildman–Crippen MR) is 371 cm³/mol. The van der Waals surface area contributed by atoms with Crippen LogP contribution < -0.4 is 9.80 Å². The molecule has 13 aromatic carbocycles. The molecule has 13 aromatic rings. The second kappa shape index (κ2) is 23.9. The van der Waals surface area contributed by atoms with E-state index in [1.165, 1.54) is 0 Å². The highest BCUT2D eigenvalue weighted by molar-refractivity contribution is 6.23. The van der Waals surface area contributed by atoms with E-state index in [9.17, 15) is 0 Å². The van der Waals surface area contributed by atoms with Crippen molar-refractivity contribution in [3.8, 4) is 141 Å². The quantitative estimate of drug-likeness (QED) is 0.0889. The lowest BCUT2D eigenvalue weighted by Gasteiger charge is -2.28. The molecule has 2 nitrogen and oxygen atoms in total. The average Bonchev–Trinajstić information content (AvgIpc) is 0.810. The van der Waals surface area contributed by atoms with E-state index in [0.29, 0.717) is 33.4 Å². The first kappa shape index (κ1) is 54.6. The van der Waals surface area contributed by atoms with Crippen molar-refractivity contribution >= 4 is 55.7 Å². The molecule has 13 rings (SSSR count). The molecule has 0 heterocycles. The summed E-state index contributed by atoms with van der Waals surface area (Å²) in [5, 5.41) is 4.02. The second-order valence-electron chi connectivity index (χ2n) is 21.3. The van der Waals surface area contributed by atoms with Gasteiger partial charge >= 0.3 is 0 Å². The summed E-state index contributed by atoms with van der Waals surface area (Å²) in [6, 6.07) is 97.6. The average molecular weight is 1110 g/mol. The lowest BCUT2D eigenvalue weighted by atomic mass is 9.81. The van der Waals surface area contributed by atoms with Gasteiger partial charge in [-0.1, -0.05) is 187 Å². The molecule has 0 amide bonds. The Balaban J connectivity index is 1.20. The lowest BCUT2D eigenvalue weighted by molar-refractivity contribution is 1.29. The summed E-state index contributed by atoms with van der Waals surface area (Å²) in [7, 11) is 0. The van der Waals surface area contributed by atoms with Gasteiger partial charge in [-0.3, -0.25) is 0 Å². The Bertz CT molecular complexity index is 4960. The van der Waals surface area contributed by atoms with Crippen molar-refractivity contribution in [1.82, 2.24) is 0 Å². The number of hydrogen-bond donors (Lipinski definition) is 0. The molecular formula is C86H52N2. The molecular weight excluding hydrogens is 1060 g/mol. The molecule has 2 heteroatoms. The fraction of sp³-hybridized carbons (Fsp3) is 0. The number of hydrogen-bond acceptors (Lipinski definition) is 2. The number of rotatable bonds is 12. The molecule has 0 saturated heterocycles. The maximum absolute atomic E-state index is 6.34. The third-order valence-corrected chi connectivity index (χ3v) is 16.2. The van der Waals surface area contributed by atoms with Gasteiger partial charge in [0.05, 0.1) is 0 Å². The van der Waals surface area contributed by atoms with E-state index in [1.54, 1.807) is 0 Å². The molecule has 406 valence electrons. The maximum Gasteiger partial charge on any atom is 0.0468 e. The van der Waals surface area contributed by atoms with Crippen molar-refractivity contribution < 1.29 is 0 Å². The number of fused-ring (bicyclic) bond motifs is 2. The van der Waals surface area contributed by atoms with Crippen molar-refractivity contribution in [2.45, 2.75) is 0 Å². The molecule has 0 aromatic heterocycles. The lowest BCUT2D eigenvalue weighted by Crippen LogP contribution is -2.10. The van der Waals surface area contributed by atoms with Gasteiger partial charge in [-0.2, -0.15) is 0 Å². The summed E-state index contributed by atoms with van der Waals surface area (Å²) in [6.07, 6.45) is 37.0. The molecule has 0 fully saturated rings. The number of para-hydroxylation sites is 4. The van der Waals surface area contributed by atoms with E-state index in [1.807, 2.05) is 60.7 Å². The fourth-order valence-corrected chi connectivity index (χ4v) is 12.2. The van der Waals surface area contributed by atoms with Crippen molar-refractivity contribution in [1.29, 1.82) is 0 Å². The van der Waals surface area contributed by atoms with Crippen LogP contribution in [0.25, 0.3) is 88.3 Å². The van der Waals surface area contributed by atoms with Gasteiger partial charge in [0, 0.05) is 67.5 Å². The van der Waals surface area contributed by atoms with Crippen LogP contribution in [0.1, 0.15) is 33.4 Å². The van der Waals surface area contributed by atoms with Crippen LogP contribution in [-0.2, 0) is 0 Å². The third-order valence-electron chi connectivity index (χ3n) is 16.2. The molecule has 0 unspecified atom stereocenters. The smallest absolute Gasteiger partial charge is 0.0468 e. The maximum atomic E-state index is 6.34. The molecule has 0 aliphatic rings. The summed E-state index contributed by atoms with van der Waals surface area (Å²) < 4.78 is 0. The van der Waals surface area contributed by atoms with Crippen LogP contribution in [0, 0.1) is 74.1 Å². The van der Waals surface area contributed by atoms with Crippen molar-refractivity contribution in [3.63, 3.8) is 0 Å². The summed E-state index contributed by atoms with van der Waals surface area (Å²) >= 11 is 0. The molecule has 0 atom stereocenters. The normalized spacial score (nSPS) is 10.7. The van der Waals surface area contributed by atoms with E-state index in [-0.39, 0.29) is 0 Å². The van der Waals surface area contributed by atoms with Crippen molar-refractivity contribution in [2.75, 3.05) is 9.80 Å². The molecule has 0 bridgehead atoms. The van der Waals surface area contributed by atoms with Crippen LogP contribution in [0.5, 0.6) is 0 Å². The summed E-state index contributed by atoms with van der Waals surface area (Å²) in [5.41, 5.74) is 21.3. The minimum atomic E-state index is 0.623. The van der Waals surface area contributed by atoms with Crippen LogP contribution in [0.3, 0.4) is 0 Å². The fourth-order valence-electron chi connectivity index (χ4n) is 12.2. The minimum Gasteiger partial charge on any atom is -0.310 e. The van der Waals surface area contributed by atoms with Crippen molar-refractivity contribution in [2.24, 2.45) is 0 Å². The highest BCUT2D eigenvalue weighted by Crippen LogP contribution is 2.51. The summed E-state index contributed by atoms with van der Waals surface area (Å²) in [4.78, 5) is 4.62. The van der Waals surface area contributed by atoms with Gasteiger partial charge in [-0.25, -0.2) is 0 Å². The number of terminal acetylenes is 6. The highest BCUT2D eigenvalue weighted by atomic mass is 15.1. The zero-order valence-corrected chi connectivity index (χ0v) is 47.9. The van der Waals surface area contributed by atoms with E-state index >= 15 is 0 Å². The van der Waals surface area contributed by atoms with Gasteiger partial charge in [0.2, 0.25) is 0 Å². The summed E-state index contributed by atoms with van der Waals surface area (Å²) in [5.74, 6) is 17.1. The predicted octanol–water partition coefficient (Wildman–Crippen LogP) is 20.8. The molecule has 0 aliphatic carbocycles. The number of benzene rings is 13. The SMILES string of the molecule is C#Cc1ccc(-c2cccc(-c3ccc(C#C)c(C#C)c3)c2-c2cc(-c3ccccc3)cc(-c3c4ccc(N(c5ccccc5)c5ccccc5)cc4c(-c4ccc(C#C)c(C#C)c4)c4ccc(N(c5ccccc5)c5ccccc5)cc34)c2)cc1C#C. The van der Waals surface area contributed by atoms with Gasteiger partial charge in [-0.05, 0) is 216 Å². The molecule has 0 saturated carbocycles. The van der Waals surface area contributed by atoms with Gasteiger partial charge in [0.1, 0.15) is 0 Å². The van der Waals surface area contributed by atoms with E-state index in [4.69, 9.17) is 38.5 Å². The minimum absolute atomic E-state index is 0.623. The monoisotopic (exact) mass is 1110 g/mol. The van der Waals surface area contributed by atoms with Crippen LogP contribution >= 0.6 is 0 Å². The Morgan fingerprint density at radius 2 is 0.523 bits per heavy atom. The first-order valence-electron chi connectivity index (χ1n) is 28.8. The first-order chi connectivity index (χ1) is 43.4. The van der Waals surface area contributed by atoms with Crippen LogP contribution in [0.4, 0.5) is 34.1 Å². The Morgan fingerprint density at radius 3 is 0.909 bits per heavy atom. The van der Waals surface area contributed by atoms with Crippen LogP contribution in [0.15, 0.2) is 279 Å². The number of anilines is 6. The Morgan fingerprint density at radius 1 is 0.193 bits per heavy atom.